The van der Waals surface area contributed by atoms with Crippen LogP contribution < -0.4 is 11.0 Å². The molecule has 0 bridgehead atoms. The topological polar surface area (TPSA) is 75.1 Å². The van der Waals surface area contributed by atoms with Crippen LogP contribution in [0.5, 0.6) is 0 Å². The maximum atomic E-state index is 11.4. The minimum atomic E-state index is -0.344. The van der Waals surface area contributed by atoms with E-state index in [2.05, 4.69) is 20.6 Å². The zero-order valence-electron chi connectivity index (χ0n) is 9.76. The fraction of sp³-hybridized carbons (Fsp3) is 0.182. The van der Waals surface area contributed by atoms with Gasteiger partial charge in [-0.1, -0.05) is 11.6 Å². The van der Waals surface area contributed by atoms with Gasteiger partial charge in [0.1, 0.15) is 5.82 Å². The predicted octanol–water partition coefficient (Wildman–Crippen LogP) is 1.79. The summed E-state index contributed by atoms with van der Waals surface area (Å²) >= 11 is 7.43. The number of hydrogen-bond donors (Lipinski definition) is 2. The minimum absolute atomic E-state index is 0.344. The molecule has 0 aromatic carbocycles. The van der Waals surface area contributed by atoms with Gasteiger partial charge in [0.15, 0.2) is 5.65 Å². The van der Waals surface area contributed by atoms with E-state index in [0.29, 0.717) is 11.5 Å². The lowest BCUT2D eigenvalue weighted by Gasteiger charge is -2.03. The molecule has 3 rings (SSSR count). The first-order chi connectivity index (χ1) is 9.22. The van der Waals surface area contributed by atoms with E-state index in [1.54, 1.807) is 23.5 Å². The van der Waals surface area contributed by atoms with Gasteiger partial charge >= 0.3 is 5.69 Å². The van der Waals surface area contributed by atoms with Gasteiger partial charge in [-0.3, -0.25) is 0 Å². The number of anilines is 1. The molecule has 0 aliphatic heterocycles. The van der Waals surface area contributed by atoms with Crippen LogP contribution in [-0.2, 0) is 6.42 Å². The fourth-order valence-corrected chi connectivity index (χ4v) is 2.78. The maximum absolute atomic E-state index is 11.4. The smallest absolute Gasteiger partial charge is 0.364 e. The number of halogens is 1. The lowest BCUT2D eigenvalue weighted by Crippen LogP contribution is -2.14. The maximum Gasteiger partial charge on any atom is 0.364 e. The third-order valence-electron chi connectivity index (χ3n) is 2.58. The monoisotopic (exact) mass is 295 g/mol. The summed E-state index contributed by atoms with van der Waals surface area (Å²) in [6, 6.07) is 7.41. The Morgan fingerprint density at radius 3 is 3.05 bits per heavy atom. The molecule has 3 aromatic heterocycles. The standard InChI is InChI=1S/C11H10ClN5OS/c12-8-2-1-7(19-8)5-6-13-9-3-4-10-14-15-11(18)17(10)16-9/h1-4H,5-6H2,(H,13,16)(H,15,18). The van der Waals surface area contributed by atoms with Crippen molar-refractivity contribution in [2.45, 2.75) is 6.42 Å². The third kappa shape index (κ3) is 2.61. The molecule has 0 fully saturated rings. The van der Waals surface area contributed by atoms with E-state index >= 15 is 0 Å². The molecule has 0 unspecified atom stereocenters. The lowest BCUT2D eigenvalue weighted by atomic mass is 10.3. The summed E-state index contributed by atoms with van der Waals surface area (Å²) in [5.74, 6) is 0.638. The van der Waals surface area contributed by atoms with Crippen molar-refractivity contribution < 1.29 is 0 Å². The average molecular weight is 296 g/mol. The van der Waals surface area contributed by atoms with E-state index in [0.717, 1.165) is 17.3 Å². The molecule has 0 radical (unpaired) electrons. The second-order valence-electron chi connectivity index (χ2n) is 3.90. The Morgan fingerprint density at radius 1 is 1.37 bits per heavy atom. The van der Waals surface area contributed by atoms with E-state index in [1.807, 2.05) is 12.1 Å². The van der Waals surface area contributed by atoms with Crippen LogP contribution in [0.2, 0.25) is 4.34 Å². The molecule has 3 heterocycles. The van der Waals surface area contributed by atoms with E-state index in [4.69, 9.17) is 11.6 Å². The predicted molar refractivity (Wildman–Crippen MR) is 75.1 cm³/mol. The van der Waals surface area contributed by atoms with Crippen LogP contribution in [0.3, 0.4) is 0 Å². The summed E-state index contributed by atoms with van der Waals surface area (Å²) in [5.41, 5.74) is 0.157. The van der Waals surface area contributed by atoms with Gasteiger partial charge in [0.25, 0.3) is 0 Å². The Kier molecular flexibility index (Phi) is 3.22. The van der Waals surface area contributed by atoms with Gasteiger partial charge in [-0.15, -0.1) is 16.4 Å². The van der Waals surface area contributed by atoms with Crippen molar-refractivity contribution in [1.29, 1.82) is 0 Å². The summed E-state index contributed by atoms with van der Waals surface area (Å²) < 4.78 is 2.02. The highest BCUT2D eigenvalue weighted by Crippen LogP contribution is 2.21. The van der Waals surface area contributed by atoms with Crippen molar-refractivity contribution in [3.63, 3.8) is 0 Å². The second kappa shape index (κ2) is 5.02. The highest BCUT2D eigenvalue weighted by Gasteiger charge is 2.03. The number of nitrogens with one attached hydrogen (secondary N) is 2. The fourth-order valence-electron chi connectivity index (χ4n) is 1.70. The van der Waals surface area contributed by atoms with E-state index in [-0.39, 0.29) is 5.69 Å². The first kappa shape index (κ1) is 12.2. The zero-order valence-corrected chi connectivity index (χ0v) is 11.3. The van der Waals surface area contributed by atoms with E-state index in [1.165, 1.54) is 9.39 Å². The minimum Gasteiger partial charge on any atom is -0.368 e. The van der Waals surface area contributed by atoms with Crippen molar-refractivity contribution in [3.8, 4) is 0 Å². The van der Waals surface area contributed by atoms with Crippen LogP contribution in [0.15, 0.2) is 29.1 Å². The summed E-state index contributed by atoms with van der Waals surface area (Å²) in [6.07, 6.45) is 0.859. The van der Waals surface area contributed by atoms with Crippen LogP contribution in [0.1, 0.15) is 4.88 Å². The van der Waals surface area contributed by atoms with Gasteiger partial charge in [-0.05, 0) is 30.7 Å². The number of aromatic amines is 1. The van der Waals surface area contributed by atoms with Crippen LogP contribution in [0.25, 0.3) is 5.65 Å². The van der Waals surface area contributed by atoms with Gasteiger partial charge in [0, 0.05) is 11.4 Å². The Morgan fingerprint density at radius 2 is 2.26 bits per heavy atom. The molecular weight excluding hydrogens is 286 g/mol. The van der Waals surface area contributed by atoms with Crippen molar-refractivity contribution in [2.75, 3.05) is 11.9 Å². The molecule has 0 spiro atoms. The van der Waals surface area contributed by atoms with Crippen LogP contribution in [0, 0.1) is 0 Å². The largest absolute Gasteiger partial charge is 0.368 e. The van der Waals surface area contributed by atoms with E-state index in [9.17, 15) is 4.79 Å². The molecule has 0 saturated heterocycles. The summed E-state index contributed by atoms with van der Waals surface area (Å²) in [4.78, 5) is 12.6. The summed E-state index contributed by atoms with van der Waals surface area (Å²) in [6.45, 7) is 0.724. The zero-order chi connectivity index (χ0) is 13.2. The molecule has 19 heavy (non-hydrogen) atoms. The first-order valence-electron chi connectivity index (χ1n) is 5.65. The Hall–Kier alpha value is -1.86. The number of H-pyrrole nitrogens is 1. The lowest BCUT2D eigenvalue weighted by molar-refractivity contribution is 0.872. The molecule has 2 N–H and O–H groups in total. The molecule has 8 heteroatoms. The molecule has 0 saturated carbocycles. The average Bonchev–Trinajstić information content (AvgIpc) is 2.97. The number of rotatable bonds is 4. The number of nitrogens with zero attached hydrogens (tertiary/aromatic N) is 3. The Bertz CT molecular complexity index is 762. The number of thiophene rings is 1. The summed E-state index contributed by atoms with van der Waals surface area (Å²) in [5, 5.41) is 13.5. The SMILES string of the molecule is O=c1[nH]nc2ccc(NCCc3ccc(Cl)s3)nn12. The van der Waals surface area contributed by atoms with Gasteiger partial charge < -0.3 is 5.32 Å². The quantitative estimate of drug-likeness (QED) is 0.769. The molecule has 0 amide bonds. The van der Waals surface area contributed by atoms with Gasteiger partial charge in [0.05, 0.1) is 4.34 Å². The molecule has 0 aliphatic rings. The highest BCUT2D eigenvalue weighted by atomic mass is 35.5. The molecule has 0 aliphatic carbocycles. The second-order valence-corrected chi connectivity index (χ2v) is 5.70. The highest BCUT2D eigenvalue weighted by molar-refractivity contribution is 7.16. The normalized spacial score (nSPS) is 11.0. The number of hydrogen-bond acceptors (Lipinski definition) is 5. The molecule has 3 aromatic rings. The Balaban J connectivity index is 1.68. The van der Waals surface area contributed by atoms with Gasteiger partial charge in [-0.25, -0.2) is 9.89 Å². The van der Waals surface area contributed by atoms with Crippen LogP contribution in [-0.4, -0.2) is 26.4 Å². The van der Waals surface area contributed by atoms with Crippen molar-refractivity contribution in [3.05, 3.63) is 44.0 Å². The van der Waals surface area contributed by atoms with Gasteiger partial charge in [0.2, 0.25) is 0 Å². The molecule has 0 atom stereocenters. The van der Waals surface area contributed by atoms with Crippen LogP contribution >= 0.6 is 22.9 Å². The van der Waals surface area contributed by atoms with Crippen molar-refractivity contribution in [1.82, 2.24) is 19.8 Å². The van der Waals surface area contributed by atoms with E-state index < -0.39 is 0 Å². The first-order valence-corrected chi connectivity index (χ1v) is 6.84. The molecule has 6 nitrogen and oxygen atoms in total. The number of fused-ring (bicyclic) bond motifs is 1. The van der Waals surface area contributed by atoms with Crippen molar-refractivity contribution in [2.24, 2.45) is 0 Å². The summed E-state index contributed by atoms with van der Waals surface area (Å²) in [7, 11) is 0. The molecule has 98 valence electrons. The van der Waals surface area contributed by atoms with Crippen LogP contribution in [0.4, 0.5) is 5.82 Å². The third-order valence-corrected chi connectivity index (χ3v) is 3.87. The van der Waals surface area contributed by atoms with Crippen molar-refractivity contribution >= 4 is 34.4 Å². The van der Waals surface area contributed by atoms with Gasteiger partial charge in [-0.2, -0.15) is 9.61 Å². The Labute approximate surface area is 117 Å². The molecular formula is C11H10ClN5OS. The number of aromatic nitrogens is 4.